The summed E-state index contributed by atoms with van der Waals surface area (Å²) in [5.74, 6) is 0. The van der Waals surface area contributed by atoms with E-state index in [1.807, 2.05) is 6.92 Å². The first-order chi connectivity index (χ1) is 11.9. The Labute approximate surface area is 205 Å². The van der Waals surface area contributed by atoms with Gasteiger partial charge in [0.15, 0.2) is 0 Å². The number of hydrogen-bond donors (Lipinski definition) is 1. The molecule has 1 N–H and O–H groups in total. The minimum absolute atomic E-state index is 0. The van der Waals surface area contributed by atoms with Crippen molar-refractivity contribution in [1.82, 2.24) is 0 Å². The Kier molecular flexibility index (Phi) is 22.6. The molecule has 0 spiro atoms. The first-order valence-electron chi connectivity index (χ1n) is 10.5. The Balaban J connectivity index is 0. The van der Waals surface area contributed by atoms with Crippen LogP contribution in [0.5, 0.6) is 0 Å². The molecule has 0 rings (SSSR count). The second-order valence-electron chi connectivity index (χ2n) is 7.46. The summed E-state index contributed by atoms with van der Waals surface area (Å²) in [5, 5.41) is 9.23. The summed E-state index contributed by atoms with van der Waals surface area (Å²) in [6.45, 7) is 4.21. The van der Waals surface area contributed by atoms with Crippen molar-refractivity contribution in [1.29, 1.82) is 0 Å². The Hall–Kier alpha value is 1.51. The van der Waals surface area contributed by atoms with Gasteiger partial charge in [0.2, 0.25) is 0 Å². The molecule has 6 heteroatoms. The normalized spacial score (nSPS) is 14.0. The van der Waals surface area contributed by atoms with Gasteiger partial charge in [0.1, 0.15) is 0 Å². The van der Waals surface area contributed by atoms with E-state index in [1.54, 1.807) is 0 Å². The maximum absolute atomic E-state index is 11.2. The van der Waals surface area contributed by atoms with Crippen LogP contribution in [-0.2, 0) is 10.1 Å². The summed E-state index contributed by atoms with van der Waals surface area (Å²) in [5.41, 5.74) is 0. The van der Waals surface area contributed by atoms with Gasteiger partial charge in [-0.2, -0.15) is 0 Å². The molecular formula is C20H41KO4S. The van der Waals surface area contributed by atoms with Crippen LogP contribution in [0, 0.1) is 0 Å². The fourth-order valence-corrected chi connectivity index (χ4v) is 4.19. The van der Waals surface area contributed by atoms with Gasteiger partial charge in [-0.15, -0.1) is 0 Å². The SMILES string of the molecule is CCCCCCC(O)CCCCCCCCC(CCCC)S(=O)(=O)[O-].[K+]. The second kappa shape index (κ2) is 19.8. The third-order valence-electron chi connectivity index (χ3n) is 4.99. The third-order valence-corrected chi connectivity index (χ3v) is 6.28. The summed E-state index contributed by atoms with van der Waals surface area (Å²) >= 11 is 0. The van der Waals surface area contributed by atoms with Crippen molar-refractivity contribution in [3.8, 4) is 0 Å². The molecular weight excluding hydrogens is 375 g/mol. The molecule has 0 aromatic carbocycles. The van der Waals surface area contributed by atoms with Gasteiger partial charge in [0.05, 0.1) is 16.2 Å². The average Bonchev–Trinajstić information content (AvgIpc) is 2.55. The number of rotatable bonds is 18. The van der Waals surface area contributed by atoms with E-state index in [9.17, 15) is 18.1 Å². The van der Waals surface area contributed by atoms with E-state index in [4.69, 9.17) is 0 Å². The van der Waals surface area contributed by atoms with Gasteiger partial charge in [-0.3, -0.25) is 0 Å². The number of aliphatic hydroxyl groups excluding tert-OH is 1. The second-order valence-corrected chi connectivity index (χ2v) is 9.11. The van der Waals surface area contributed by atoms with Crippen molar-refractivity contribution < 1.29 is 69.5 Å². The van der Waals surface area contributed by atoms with Crippen molar-refractivity contribution in [3.63, 3.8) is 0 Å². The molecule has 0 fully saturated rings. The molecule has 0 amide bonds. The first-order valence-corrected chi connectivity index (χ1v) is 12.0. The van der Waals surface area contributed by atoms with Crippen LogP contribution in [0.4, 0.5) is 0 Å². The van der Waals surface area contributed by atoms with Gasteiger partial charge >= 0.3 is 51.4 Å². The number of hydrogen-bond acceptors (Lipinski definition) is 4. The van der Waals surface area contributed by atoms with Crippen molar-refractivity contribution in [3.05, 3.63) is 0 Å². The Morgan fingerprint density at radius 2 is 1.08 bits per heavy atom. The largest absolute Gasteiger partial charge is 1.00 e. The van der Waals surface area contributed by atoms with E-state index >= 15 is 0 Å². The Morgan fingerprint density at radius 3 is 1.54 bits per heavy atom. The summed E-state index contributed by atoms with van der Waals surface area (Å²) in [6.07, 6.45) is 15.6. The average molecular weight is 417 g/mol. The van der Waals surface area contributed by atoms with Crippen LogP contribution in [0.3, 0.4) is 0 Å². The van der Waals surface area contributed by atoms with E-state index in [-0.39, 0.29) is 57.5 Å². The quantitative estimate of drug-likeness (QED) is 0.212. The van der Waals surface area contributed by atoms with Crippen LogP contribution in [0.2, 0.25) is 0 Å². The zero-order valence-electron chi connectivity index (χ0n) is 17.5. The molecule has 152 valence electrons. The molecule has 0 saturated heterocycles. The fourth-order valence-electron chi connectivity index (χ4n) is 3.27. The van der Waals surface area contributed by atoms with Crippen LogP contribution in [0.1, 0.15) is 117 Å². The Bertz CT molecular complexity index is 387. The molecule has 26 heavy (non-hydrogen) atoms. The van der Waals surface area contributed by atoms with Crippen LogP contribution >= 0.6 is 0 Å². The van der Waals surface area contributed by atoms with Crippen LogP contribution < -0.4 is 51.4 Å². The molecule has 0 heterocycles. The van der Waals surface area contributed by atoms with Crippen LogP contribution in [0.25, 0.3) is 0 Å². The maximum atomic E-state index is 11.2. The molecule has 4 nitrogen and oxygen atoms in total. The fraction of sp³-hybridized carbons (Fsp3) is 1.00. The molecule has 0 radical (unpaired) electrons. The minimum atomic E-state index is -4.14. The zero-order valence-corrected chi connectivity index (χ0v) is 21.5. The van der Waals surface area contributed by atoms with E-state index in [0.29, 0.717) is 12.8 Å². The molecule has 0 saturated carbocycles. The molecule has 0 aliphatic heterocycles. The van der Waals surface area contributed by atoms with Gasteiger partial charge in [-0.05, 0) is 25.7 Å². The van der Waals surface area contributed by atoms with E-state index in [0.717, 1.165) is 70.6 Å². The summed E-state index contributed by atoms with van der Waals surface area (Å²) in [7, 11) is -4.14. The predicted molar refractivity (Wildman–Crippen MR) is 105 cm³/mol. The van der Waals surface area contributed by atoms with Gasteiger partial charge < -0.3 is 9.66 Å². The molecule has 2 atom stereocenters. The zero-order chi connectivity index (χ0) is 19.0. The molecule has 0 aliphatic rings. The molecule has 0 aromatic heterocycles. The summed E-state index contributed by atoms with van der Waals surface area (Å²) in [6, 6.07) is 0. The monoisotopic (exact) mass is 416 g/mol. The van der Waals surface area contributed by atoms with Gasteiger partial charge in [0.25, 0.3) is 0 Å². The standard InChI is InChI=1S/C20H42O4S.K/c1-3-5-7-12-15-19(21)16-13-10-8-9-11-14-18-20(17-6-4-2)25(22,23)24;/h19-21H,3-18H2,1-2H3,(H,22,23,24);/q;+1/p-1. The predicted octanol–water partition coefficient (Wildman–Crippen LogP) is 2.55. The smallest absolute Gasteiger partial charge is 0.748 e. The van der Waals surface area contributed by atoms with Crippen molar-refractivity contribution in [2.45, 2.75) is 128 Å². The minimum Gasteiger partial charge on any atom is -0.748 e. The molecule has 0 aliphatic carbocycles. The third kappa shape index (κ3) is 18.9. The topological polar surface area (TPSA) is 77.4 Å². The van der Waals surface area contributed by atoms with Gasteiger partial charge in [-0.1, -0.05) is 90.9 Å². The van der Waals surface area contributed by atoms with Crippen LogP contribution in [-0.4, -0.2) is 29.4 Å². The molecule has 2 unspecified atom stereocenters. The van der Waals surface area contributed by atoms with E-state index in [2.05, 4.69) is 6.92 Å². The summed E-state index contributed by atoms with van der Waals surface area (Å²) in [4.78, 5) is 0. The number of unbranched alkanes of at least 4 members (excludes halogenated alkanes) is 9. The molecule has 0 bridgehead atoms. The van der Waals surface area contributed by atoms with Gasteiger partial charge in [0, 0.05) is 5.25 Å². The molecule has 0 aromatic rings. The van der Waals surface area contributed by atoms with Crippen LogP contribution in [0.15, 0.2) is 0 Å². The van der Waals surface area contributed by atoms with Crippen molar-refractivity contribution in [2.24, 2.45) is 0 Å². The summed E-state index contributed by atoms with van der Waals surface area (Å²) < 4.78 is 33.7. The van der Waals surface area contributed by atoms with E-state index in [1.165, 1.54) is 19.3 Å². The van der Waals surface area contributed by atoms with Crippen molar-refractivity contribution >= 4 is 10.1 Å². The first kappa shape index (κ1) is 29.7. The van der Waals surface area contributed by atoms with E-state index < -0.39 is 15.4 Å². The Morgan fingerprint density at radius 1 is 0.692 bits per heavy atom. The van der Waals surface area contributed by atoms with Gasteiger partial charge in [-0.25, -0.2) is 8.42 Å². The van der Waals surface area contributed by atoms with Crippen molar-refractivity contribution in [2.75, 3.05) is 0 Å². The maximum Gasteiger partial charge on any atom is 1.00 e. The number of aliphatic hydroxyl groups is 1.